The molecule has 0 radical (unpaired) electrons. The first-order chi connectivity index (χ1) is 14.7. The van der Waals surface area contributed by atoms with Crippen molar-refractivity contribution in [3.05, 3.63) is 90.0 Å². The van der Waals surface area contributed by atoms with Crippen molar-refractivity contribution in [2.45, 2.75) is 12.7 Å². The van der Waals surface area contributed by atoms with Crippen LogP contribution in [0.25, 0.3) is 22.9 Å². The number of aryl methyl sites for hydroxylation is 1. The van der Waals surface area contributed by atoms with Gasteiger partial charge in [0.05, 0.1) is 5.75 Å². The lowest BCUT2D eigenvalue weighted by atomic mass is 10.1. The highest BCUT2D eigenvalue weighted by Crippen LogP contribution is 2.27. The summed E-state index contributed by atoms with van der Waals surface area (Å²) in [5, 5.41) is 11.3. The lowest BCUT2D eigenvalue weighted by Crippen LogP contribution is -2.14. The van der Waals surface area contributed by atoms with Crippen molar-refractivity contribution in [3.63, 3.8) is 0 Å². The number of nitrogens with one attached hydrogen (secondary N) is 1. The highest BCUT2D eigenvalue weighted by Gasteiger charge is 2.13. The topological polar surface area (TPSA) is 68.0 Å². The van der Waals surface area contributed by atoms with E-state index in [0.29, 0.717) is 23.2 Å². The third-order valence-corrected chi connectivity index (χ3v) is 5.54. The molecule has 1 aromatic heterocycles. The van der Waals surface area contributed by atoms with Crippen molar-refractivity contribution < 1.29 is 9.21 Å². The van der Waals surface area contributed by atoms with Gasteiger partial charge >= 0.3 is 0 Å². The van der Waals surface area contributed by atoms with E-state index in [0.717, 1.165) is 22.4 Å². The van der Waals surface area contributed by atoms with Gasteiger partial charge in [0.2, 0.25) is 17.7 Å². The summed E-state index contributed by atoms with van der Waals surface area (Å²) < 4.78 is 5.87. The quantitative estimate of drug-likeness (QED) is 0.426. The molecule has 6 heteroatoms. The Bertz CT molecular complexity index is 1140. The second-order valence-electron chi connectivity index (χ2n) is 6.83. The molecule has 0 aliphatic rings. The molecule has 30 heavy (non-hydrogen) atoms. The van der Waals surface area contributed by atoms with E-state index >= 15 is 0 Å². The summed E-state index contributed by atoms with van der Waals surface area (Å²) in [6.45, 7) is 2.01. The molecule has 0 aliphatic carbocycles. The van der Waals surface area contributed by atoms with Crippen LogP contribution in [0.15, 0.2) is 83.3 Å². The van der Waals surface area contributed by atoms with E-state index in [2.05, 4.69) is 27.6 Å². The fraction of sp³-hybridized carbons (Fsp3) is 0.125. The van der Waals surface area contributed by atoms with Gasteiger partial charge in [-0.05, 0) is 42.3 Å². The Morgan fingerprint density at radius 1 is 0.933 bits per heavy atom. The lowest BCUT2D eigenvalue weighted by molar-refractivity contribution is -0.113. The van der Waals surface area contributed by atoms with E-state index in [-0.39, 0.29) is 5.91 Å². The number of carbonyl (C=O) groups excluding carboxylic acids is 1. The first-order valence-electron chi connectivity index (χ1n) is 9.60. The van der Waals surface area contributed by atoms with Crippen LogP contribution in [0.2, 0.25) is 0 Å². The van der Waals surface area contributed by atoms with Gasteiger partial charge < -0.3 is 9.73 Å². The van der Waals surface area contributed by atoms with Crippen LogP contribution >= 0.6 is 11.8 Å². The van der Waals surface area contributed by atoms with Gasteiger partial charge in [-0.25, -0.2) is 0 Å². The van der Waals surface area contributed by atoms with Crippen LogP contribution < -0.4 is 5.32 Å². The number of carbonyl (C=O) groups is 1. The van der Waals surface area contributed by atoms with Gasteiger partial charge in [0, 0.05) is 22.6 Å². The summed E-state index contributed by atoms with van der Waals surface area (Å²) in [4.78, 5) is 12.3. The lowest BCUT2D eigenvalue weighted by Gasteiger charge is -2.06. The average molecular weight is 416 g/mol. The maximum atomic E-state index is 12.3. The fourth-order valence-electron chi connectivity index (χ4n) is 3.02. The number of nitrogens with zero attached hydrogens (tertiary/aromatic N) is 2. The molecular weight excluding hydrogens is 394 g/mol. The number of rotatable bonds is 7. The van der Waals surface area contributed by atoms with Crippen LogP contribution in [-0.4, -0.2) is 21.9 Å². The molecule has 0 aliphatic heterocycles. The van der Waals surface area contributed by atoms with Crippen molar-refractivity contribution in [3.8, 4) is 22.9 Å². The zero-order chi connectivity index (χ0) is 20.8. The molecule has 5 nitrogen and oxygen atoms in total. The van der Waals surface area contributed by atoms with Gasteiger partial charge in [0.25, 0.3) is 0 Å². The Labute approximate surface area is 179 Å². The maximum Gasteiger partial charge on any atom is 0.248 e. The van der Waals surface area contributed by atoms with Crippen molar-refractivity contribution in [1.29, 1.82) is 0 Å². The van der Waals surface area contributed by atoms with Gasteiger partial charge in [0.1, 0.15) is 0 Å². The molecule has 1 heterocycles. The number of hydrogen-bond acceptors (Lipinski definition) is 5. The predicted molar refractivity (Wildman–Crippen MR) is 121 cm³/mol. The Morgan fingerprint density at radius 3 is 2.53 bits per heavy atom. The molecule has 0 saturated heterocycles. The van der Waals surface area contributed by atoms with Crippen molar-refractivity contribution in [1.82, 2.24) is 10.2 Å². The Morgan fingerprint density at radius 2 is 1.70 bits per heavy atom. The Kier molecular flexibility index (Phi) is 6.25. The molecule has 1 amide bonds. The average Bonchev–Trinajstić information content (AvgIpc) is 3.25. The molecule has 3 aromatic carbocycles. The third kappa shape index (κ3) is 4.96. The standard InChI is InChI=1S/C24H21N3O2S/c1-17-8-5-6-13-21(17)24-27-26-23(29-24)19-11-7-12-20(14-19)25-22(28)16-30-15-18-9-3-2-4-10-18/h2-14H,15-16H2,1H3,(H,25,28). The van der Waals surface area contributed by atoms with Crippen LogP contribution in [0.4, 0.5) is 5.69 Å². The number of amides is 1. The molecule has 0 unspecified atom stereocenters. The summed E-state index contributed by atoms with van der Waals surface area (Å²) in [6.07, 6.45) is 0. The zero-order valence-corrected chi connectivity index (χ0v) is 17.4. The fourth-order valence-corrected chi connectivity index (χ4v) is 3.81. The van der Waals surface area contributed by atoms with Crippen LogP contribution in [0.5, 0.6) is 0 Å². The number of benzene rings is 3. The van der Waals surface area contributed by atoms with Gasteiger partial charge in [0.15, 0.2) is 0 Å². The van der Waals surface area contributed by atoms with Crippen molar-refractivity contribution in [2.24, 2.45) is 0 Å². The maximum absolute atomic E-state index is 12.3. The number of anilines is 1. The number of thioether (sulfide) groups is 1. The van der Waals surface area contributed by atoms with Crippen LogP contribution in [0.3, 0.4) is 0 Å². The van der Waals surface area contributed by atoms with Crippen molar-refractivity contribution in [2.75, 3.05) is 11.1 Å². The molecule has 150 valence electrons. The van der Waals surface area contributed by atoms with Crippen LogP contribution in [-0.2, 0) is 10.5 Å². The van der Waals surface area contributed by atoms with Crippen LogP contribution in [0, 0.1) is 6.92 Å². The minimum atomic E-state index is -0.0424. The summed E-state index contributed by atoms with van der Waals surface area (Å²) in [7, 11) is 0. The van der Waals surface area contributed by atoms with E-state index in [1.54, 1.807) is 11.8 Å². The minimum absolute atomic E-state index is 0.0424. The second-order valence-corrected chi connectivity index (χ2v) is 7.82. The molecule has 4 rings (SSSR count). The molecule has 0 atom stereocenters. The summed E-state index contributed by atoms with van der Waals surface area (Å²) in [5.41, 5.74) is 4.65. The van der Waals surface area contributed by atoms with Gasteiger partial charge in [-0.2, -0.15) is 0 Å². The van der Waals surface area contributed by atoms with Gasteiger partial charge in [-0.3, -0.25) is 4.79 Å². The number of hydrogen-bond donors (Lipinski definition) is 1. The molecule has 0 saturated carbocycles. The molecule has 4 aromatic rings. The molecule has 0 spiro atoms. The highest BCUT2D eigenvalue weighted by molar-refractivity contribution is 7.99. The largest absolute Gasteiger partial charge is 0.416 e. The second kappa shape index (κ2) is 9.41. The van der Waals surface area contributed by atoms with E-state index in [9.17, 15) is 4.79 Å². The molecule has 0 fully saturated rings. The zero-order valence-electron chi connectivity index (χ0n) is 16.5. The smallest absolute Gasteiger partial charge is 0.248 e. The monoisotopic (exact) mass is 415 g/mol. The minimum Gasteiger partial charge on any atom is -0.416 e. The summed E-state index contributed by atoms with van der Waals surface area (Å²) in [6, 6.07) is 25.4. The molecule has 1 N–H and O–H groups in total. The van der Waals surface area contributed by atoms with E-state index in [1.807, 2.05) is 73.7 Å². The number of aromatic nitrogens is 2. The normalized spacial score (nSPS) is 10.7. The summed E-state index contributed by atoms with van der Waals surface area (Å²) >= 11 is 1.58. The van der Waals surface area contributed by atoms with Gasteiger partial charge in [-0.1, -0.05) is 54.6 Å². The molecular formula is C24H21N3O2S. The third-order valence-electron chi connectivity index (χ3n) is 4.54. The van der Waals surface area contributed by atoms with Gasteiger partial charge in [-0.15, -0.1) is 22.0 Å². The Hall–Kier alpha value is -3.38. The van der Waals surface area contributed by atoms with E-state index in [4.69, 9.17) is 4.42 Å². The van der Waals surface area contributed by atoms with Crippen molar-refractivity contribution >= 4 is 23.4 Å². The first kappa shape index (κ1) is 19.9. The SMILES string of the molecule is Cc1ccccc1-c1nnc(-c2cccc(NC(=O)CSCc3ccccc3)c2)o1. The summed E-state index contributed by atoms with van der Waals surface area (Å²) in [5.74, 6) is 2.05. The molecule has 0 bridgehead atoms. The predicted octanol–water partition coefficient (Wildman–Crippen LogP) is 5.58. The van der Waals surface area contributed by atoms with Crippen LogP contribution in [0.1, 0.15) is 11.1 Å². The van der Waals surface area contributed by atoms with E-state index < -0.39 is 0 Å². The Balaban J connectivity index is 1.39. The highest BCUT2D eigenvalue weighted by atomic mass is 32.2. The van der Waals surface area contributed by atoms with E-state index in [1.165, 1.54) is 5.56 Å². The first-order valence-corrected chi connectivity index (χ1v) is 10.8.